The molecule has 1 aromatic heterocycles. The van der Waals surface area contributed by atoms with Gasteiger partial charge in [-0.15, -0.1) is 0 Å². The third kappa shape index (κ3) is 4.55. The molecule has 0 bridgehead atoms. The Bertz CT molecular complexity index is 765. The number of benzene rings is 1. The molecule has 1 aromatic carbocycles. The molecule has 0 fully saturated rings. The Morgan fingerprint density at radius 3 is 2.67 bits per heavy atom. The van der Waals surface area contributed by atoms with Gasteiger partial charge < -0.3 is 19.7 Å². The molecule has 0 saturated carbocycles. The maximum absolute atomic E-state index is 11.6. The number of anilines is 1. The van der Waals surface area contributed by atoms with Gasteiger partial charge in [0, 0.05) is 24.7 Å². The molecule has 0 saturated heterocycles. The third-order valence-corrected chi connectivity index (χ3v) is 3.41. The molecule has 130 valence electrons. The number of carbonyl (C=O) groups is 2. The molecular weight excluding hydrogens is 334 g/mol. The molecule has 0 radical (unpaired) electrons. The van der Waals surface area contributed by atoms with Gasteiger partial charge in [-0.1, -0.05) is 17.7 Å². The summed E-state index contributed by atoms with van der Waals surface area (Å²) in [6.07, 6.45) is 0.0620. The summed E-state index contributed by atoms with van der Waals surface area (Å²) in [5.74, 6) is 0. The highest BCUT2D eigenvalue weighted by Crippen LogP contribution is 2.32. The molecule has 8 heteroatoms. The Labute approximate surface area is 144 Å². The minimum atomic E-state index is -1.15. The smallest absolute Gasteiger partial charge is 0.409 e. The van der Waals surface area contributed by atoms with Gasteiger partial charge in [0.15, 0.2) is 0 Å². The summed E-state index contributed by atoms with van der Waals surface area (Å²) < 4.78 is 7.02. The lowest BCUT2D eigenvalue weighted by Gasteiger charge is -2.19. The summed E-state index contributed by atoms with van der Waals surface area (Å²) >= 11 is 6.23. The van der Waals surface area contributed by atoms with Crippen LogP contribution in [-0.2, 0) is 11.3 Å². The molecule has 2 rings (SSSR count). The highest BCUT2D eigenvalue weighted by molar-refractivity contribution is 6.37. The van der Waals surface area contributed by atoms with Crippen LogP contribution in [0.5, 0.6) is 0 Å². The summed E-state index contributed by atoms with van der Waals surface area (Å²) in [6.45, 7) is 6.21. The normalized spacial score (nSPS) is 11.3. The zero-order valence-corrected chi connectivity index (χ0v) is 14.5. The van der Waals surface area contributed by atoms with Crippen molar-refractivity contribution in [2.24, 2.45) is 0 Å². The number of rotatable bonds is 4. The molecule has 7 nitrogen and oxygen atoms in total. The second-order valence-electron chi connectivity index (χ2n) is 6.23. The fraction of sp³-hybridized carbons (Fsp3) is 0.375. The molecule has 0 aliphatic rings. The Morgan fingerprint density at radius 1 is 1.33 bits per heavy atom. The number of amides is 2. The quantitative estimate of drug-likeness (QED) is 0.777. The monoisotopic (exact) mass is 353 g/mol. The zero-order chi connectivity index (χ0) is 17.9. The van der Waals surface area contributed by atoms with Gasteiger partial charge in [-0.05, 0) is 32.9 Å². The Balaban J connectivity index is 2.11. The van der Waals surface area contributed by atoms with Gasteiger partial charge in [0.05, 0.1) is 16.2 Å². The lowest BCUT2D eigenvalue weighted by Crippen LogP contribution is -2.34. The topological polar surface area (TPSA) is 92.6 Å². The van der Waals surface area contributed by atoms with E-state index >= 15 is 0 Å². The van der Waals surface area contributed by atoms with Gasteiger partial charge in [-0.2, -0.15) is 0 Å². The molecule has 24 heavy (non-hydrogen) atoms. The molecule has 0 unspecified atom stereocenters. The summed E-state index contributed by atoms with van der Waals surface area (Å²) in [6, 6.07) is 5.22. The van der Waals surface area contributed by atoms with Crippen molar-refractivity contribution in [1.29, 1.82) is 0 Å². The van der Waals surface area contributed by atoms with E-state index in [1.54, 1.807) is 39.1 Å². The van der Waals surface area contributed by atoms with E-state index in [0.717, 1.165) is 5.52 Å². The van der Waals surface area contributed by atoms with Crippen molar-refractivity contribution in [2.45, 2.75) is 32.9 Å². The lowest BCUT2D eigenvalue weighted by atomic mass is 10.2. The van der Waals surface area contributed by atoms with Crippen LogP contribution in [0.3, 0.4) is 0 Å². The van der Waals surface area contributed by atoms with Gasteiger partial charge in [0.1, 0.15) is 5.60 Å². The van der Waals surface area contributed by atoms with Crippen LogP contribution in [0.1, 0.15) is 20.8 Å². The van der Waals surface area contributed by atoms with Gasteiger partial charge in [-0.3, -0.25) is 5.32 Å². The summed E-state index contributed by atoms with van der Waals surface area (Å²) in [5.41, 5.74) is 0.645. The zero-order valence-electron chi connectivity index (χ0n) is 13.7. The molecule has 2 amide bonds. The van der Waals surface area contributed by atoms with Crippen LogP contribution in [-0.4, -0.2) is 34.0 Å². The van der Waals surface area contributed by atoms with Gasteiger partial charge in [-0.25, -0.2) is 9.59 Å². The Morgan fingerprint density at radius 2 is 2.04 bits per heavy atom. The summed E-state index contributed by atoms with van der Waals surface area (Å²) in [7, 11) is 0. The first-order valence-corrected chi connectivity index (χ1v) is 7.79. The van der Waals surface area contributed by atoms with Gasteiger partial charge in [0.2, 0.25) is 0 Å². The van der Waals surface area contributed by atoms with Crippen molar-refractivity contribution in [3.63, 3.8) is 0 Å². The third-order valence-electron chi connectivity index (χ3n) is 3.12. The lowest BCUT2D eigenvalue weighted by molar-refractivity contribution is 0.0526. The molecule has 3 N–H and O–H groups in total. The molecule has 2 aromatic rings. The fourth-order valence-electron chi connectivity index (χ4n) is 2.30. The van der Waals surface area contributed by atoms with Crippen molar-refractivity contribution in [2.75, 3.05) is 11.9 Å². The first-order chi connectivity index (χ1) is 11.2. The second kappa shape index (κ2) is 7.00. The number of nitrogens with one attached hydrogen (secondary N) is 2. The molecule has 0 aliphatic heterocycles. The van der Waals surface area contributed by atoms with Crippen molar-refractivity contribution < 1.29 is 19.4 Å². The van der Waals surface area contributed by atoms with E-state index in [2.05, 4.69) is 10.6 Å². The van der Waals surface area contributed by atoms with Gasteiger partial charge >= 0.3 is 12.2 Å². The first-order valence-electron chi connectivity index (χ1n) is 7.41. The number of carbonyl (C=O) groups excluding carboxylic acids is 1. The minimum absolute atomic E-state index is 0.353. The van der Waals surface area contributed by atoms with Crippen LogP contribution >= 0.6 is 11.6 Å². The van der Waals surface area contributed by atoms with E-state index < -0.39 is 17.8 Å². The van der Waals surface area contributed by atoms with Gasteiger partial charge in [0.25, 0.3) is 0 Å². The first kappa shape index (κ1) is 17.9. The van der Waals surface area contributed by atoms with Crippen LogP contribution in [0.2, 0.25) is 5.02 Å². The van der Waals surface area contributed by atoms with E-state index in [1.165, 1.54) is 0 Å². The summed E-state index contributed by atoms with van der Waals surface area (Å²) in [4.78, 5) is 22.5. The SMILES string of the molecule is CC(C)(C)OC(=O)NCCn1cc(Cl)c2c(NC(=O)O)cccc21. The number of hydrogen-bond donors (Lipinski definition) is 3. The molecule has 1 heterocycles. The van der Waals surface area contributed by atoms with E-state index in [0.29, 0.717) is 29.2 Å². The Kier molecular flexibility index (Phi) is 5.23. The van der Waals surface area contributed by atoms with Crippen LogP contribution < -0.4 is 10.6 Å². The highest BCUT2D eigenvalue weighted by atomic mass is 35.5. The number of carboxylic acid groups (broad SMARTS) is 1. The van der Waals surface area contributed by atoms with Crippen LogP contribution in [0.15, 0.2) is 24.4 Å². The second-order valence-corrected chi connectivity index (χ2v) is 6.64. The van der Waals surface area contributed by atoms with E-state index in [9.17, 15) is 9.59 Å². The maximum atomic E-state index is 11.6. The number of aromatic nitrogens is 1. The predicted octanol–water partition coefficient (Wildman–Crippen LogP) is 3.91. The standard InChI is InChI=1S/C16H20ClN3O4/c1-16(2,3)24-15(23)18-7-8-20-9-10(17)13-11(19-14(21)22)5-4-6-12(13)20/h4-6,9,19H,7-8H2,1-3H3,(H,18,23)(H,21,22). The number of hydrogen-bond acceptors (Lipinski definition) is 3. The van der Waals surface area contributed by atoms with Crippen LogP contribution in [0, 0.1) is 0 Å². The number of halogens is 1. The van der Waals surface area contributed by atoms with Crippen molar-refractivity contribution in [1.82, 2.24) is 9.88 Å². The predicted molar refractivity (Wildman–Crippen MR) is 92.8 cm³/mol. The fourth-order valence-corrected chi connectivity index (χ4v) is 2.61. The average Bonchev–Trinajstić information content (AvgIpc) is 2.74. The summed E-state index contributed by atoms with van der Waals surface area (Å²) in [5, 5.41) is 15.0. The number of ether oxygens (including phenoxy) is 1. The van der Waals surface area contributed by atoms with E-state index in [-0.39, 0.29) is 0 Å². The van der Waals surface area contributed by atoms with Crippen molar-refractivity contribution >= 4 is 40.4 Å². The molecule has 0 spiro atoms. The van der Waals surface area contributed by atoms with E-state index in [4.69, 9.17) is 21.4 Å². The Hall–Kier alpha value is -2.41. The van der Waals surface area contributed by atoms with Crippen molar-refractivity contribution in [3.8, 4) is 0 Å². The van der Waals surface area contributed by atoms with Crippen LogP contribution in [0.4, 0.5) is 15.3 Å². The van der Waals surface area contributed by atoms with Crippen LogP contribution in [0.25, 0.3) is 10.9 Å². The number of fused-ring (bicyclic) bond motifs is 1. The molecule has 0 atom stereocenters. The minimum Gasteiger partial charge on any atom is -0.465 e. The average molecular weight is 354 g/mol. The maximum Gasteiger partial charge on any atom is 0.409 e. The largest absolute Gasteiger partial charge is 0.465 e. The van der Waals surface area contributed by atoms with Crippen molar-refractivity contribution in [3.05, 3.63) is 29.4 Å². The molecule has 0 aliphatic carbocycles. The highest BCUT2D eigenvalue weighted by Gasteiger charge is 2.16. The molecular formula is C16H20ClN3O4. The number of nitrogens with zero attached hydrogens (tertiary/aromatic N) is 1. The number of alkyl carbamates (subject to hydrolysis) is 1. The van der Waals surface area contributed by atoms with E-state index in [1.807, 2.05) is 10.6 Å².